The number of rotatable bonds is 6. The monoisotopic (exact) mass is 197 g/mol. The predicted octanol–water partition coefficient (Wildman–Crippen LogP) is 3.59. The molecule has 1 saturated carbocycles. The molecule has 0 unspecified atom stereocenters. The van der Waals surface area contributed by atoms with Gasteiger partial charge in [0.2, 0.25) is 0 Å². The SMILES string of the molecule is CCNCCCCC1CCC(C)CC1. The molecule has 1 nitrogen and oxygen atoms in total. The molecule has 0 aliphatic heterocycles. The molecule has 0 aromatic carbocycles. The molecule has 0 aromatic heterocycles. The van der Waals surface area contributed by atoms with E-state index in [0.717, 1.165) is 18.4 Å². The molecule has 0 spiro atoms. The zero-order valence-electron chi connectivity index (χ0n) is 10.0. The fourth-order valence-corrected chi connectivity index (χ4v) is 2.48. The molecule has 1 aliphatic carbocycles. The van der Waals surface area contributed by atoms with Crippen molar-refractivity contribution in [1.29, 1.82) is 0 Å². The second-order valence-corrected chi connectivity index (χ2v) is 4.98. The van der Waals surface area contributed by atoms with E-state index in [1.165, 1.54) is 51.5 Å². The third-order valence-corrected chi connectivity index (χ3v) is 3.60. The van der Waals surface area contributed by atoms with Gasteiger partial charge in [0.1, 0.15) is 0 Å². The summed E-state index contributed by atoms with van der Waals surface area (Å²) in [5.41, 5.74) is 0. The highest BCUT2D eigenvalue weighted by atomic mass is 14.8. The first kappa shape index (κ1) is 12.0. The van der Waals surface area contributed by atoms with Gasteiger partial charge in [-0.05, 0) is 31.3 Å². The van der Waals surface area contributed by atoms with Crippen LogP contribution in [0, 0.1) is 11.8 Å². The Labute approximate surface area is 89.7 Å². The van der Waals surface area contributed by atoms with Gasteiger partial charge in [0.15, 0.2) is 0 Å². The van der Waals surface area contributed by atoms with Crippen molar-refractivity contribution in [2.45, 2.75) is 58.8 Å². The molecule has 14 heavy (non-hydrogen) atoms. The van der Waals surface area contributed by atoms with Gasteiger partial charge in [0, 0.05) is 0 Å². The smallest absolute Gasteiger partial charge is 0.00490 e. The van der Waals surface area contributed by atoms with Crippen LogP contribution in [0.25, 0.3) is 0 Å². The molecular formula is C13H27N. The zero-order chi connectivity index (χ0) is 10.2. The van der Waals surface area contributed by atoms with Crippen LogP contribution in [0.2, 0.25) is 0 Å². The van der Waals surface area contributed by atoms with E-state index >= 15 is 0 Å². The van der Waals surface area contributed by atoms with Gasteiger partial charge in [-0.1, -0.05) is 52.4 Å². The Morgan fingerprint density at radius 1 is 1.07 bits per heavy atom. The van der Waals surface area contributed by atoms with Crippen LogP contribution in [-0.2, 0) is 0 Å². The molecule has 1 N–H and O–H groups in total. The minimum Gasteiger partial charge on any atom is -0.317 e. The third kappa shape index (κ3) is 4.99. The van der Waals surface area contributed by atoms with Crippen LogP contribution in [0.5, 0.6) is 0 Å². The van der Waals surface area contributed by atoms with Crippen LogP contribution >= 0.6 is 0 Å². The van der Waals surface area contributed by atoms with Crippen molar-refractivity contribution in [2.24, 2.45) is 11.8 Å². The Kier molecular flexibility index (Phi) is 6.25. The Hall–Kier alpha value is -0.0400. The van der Waals surface area contributed by atoms with Crippen molar-refractivity contribution in [3.05, 3.63) is 0 Å². The summed E-state index contributed by atoms with van der Waals surface area (Å²) < 4.78 is 0. The average Bonchev–Trinajstić information content (AvgIpc) is 2.21. The lowest BCUT2D eigenvalue weighted by molar-refractivity contribution is 0.272. The van der Waals surface area contributed by atoms with Crippen LogP contribution in [0.15, 0.2) is 0 Å². The quantitative estimate of drug-likeness (QED) is 0.642. The molecule has 1 heteroatoms. The van der Waals surface area contributed by atoms with Crippen molar-refractivity contribution in [2.75, 3.05) is 13.1 Å². The molecule has 1 fully saturated rings. The molecule has 0 atom stereocenters. The number of hydrogen-bond donors (Lipinski definition) is 1. The lowest BCUT2D eigenvalue weighted by atomic mass is 9.81. The Balaban J connectivity index is 1.91. The van der Waals surface area contributed by atoms with Crippen LogP contribution in [0.4, 0.5) is 0 Å². The molecule has 0 radical (unpaired) electrons. The van der Waals surface area contributed by atoms with Crippen LogP contribution in [0.1, 0.15) is 58.8 Å². The summed E-state index contributed by atoms with van der Waals surface area (Å²) in [6, 6.07) is 0. The summed E-state index contributed by atoms with van der Waals surface area (Å²) in [7, 11) is 0. The van der Waals surface area contributed by atoms with Crippen LogP contribution in [0.3, 0.4) is 0 Å². The van der Waals surface area contributed by atoms with Crippen molar-refractivity contribution in [1.82, 2.24) is 5.32 Å². The molecule has 0 saturated heterocycles. The topological polar surface area (TPSA) is 12.0 Å². The molecule has 1 rings (SSSR count). The fraction of sp³-hybridized carbons (Fsp3) is 1.00. The van der Waals surface area contributed by atoms with Crippen molar-refractivity contribution in [3.63, 3.8) is 0 Å². The number of nitrogens with one attached hydrogen (secondary N) is 1. The third-order valence-electron chi connectivity index (χ3n) is 3.60. The Morgan fingerprint density at radius 3 is 2.43 bits per heavy atom. The highest BCUT2D eigenvalue weighted by molar-refractivity contribution is 4.70. The van der Waals surface area contributed by atoms with Crippen LogP contribution in [-0.4, -0.2) is 13.1 Å². The van der Waals surface area contributed by atoms with Gasteiger partial charge >= 0.3 is 0 Å². The van der Waals surface area contributed by atoms with E-state index in [1.807, 2.05) is 0 Å². The minimum atomic E-state index is 1.01. The van der Waals surface area contributed by atoms with E-state index in [2.05, 4.69) is 19.2 Å². The second-order valence-electron chi connectivity index (χ2n) is 4.98. The molecule has 0 heterocycles. The zero-order valence-corrected chi connectivity index (χ0v) is 10.0. The fourth-order valence-electron chi connectivity index (χ4n) is 2.48. The maximum absolute atomic E-state index is 3.39. The van der Waals surface area contributed by atoms with Crippen LogP contribution < -0.4 is 5.32 Å². The van der Waals surface area contributed by atoms with Crippen molar-refractivity contribution in [3.8, 4) is 0 Å². The normalized spacial score (nSPS) is 27.9. The summed E-state index contributed by atoms with van der Waals surface area (Å²) in [6.45, 7) is 6.93. The van der Waals surface area contributed by atoms with Gasteiger partial charge in [-0.15, -0.1) is 0 Å². The van der Waals surface area contributed by atoms with E-state index in [-0.39, 0.29) is 0 Å². The summed E-state index contributed by atoms with van der Waals surface area (Å²) in [5.74, 6) is 2.07. The maximum atomic E-state index is 3.39. The van der Waals surface area contributed by atoms with Crippen molar-refractivity contribution < 1.29 is 0 Å². The van der Waals surface area contributed by atoms with E-state index < -0.39 is 0 Å². The van der Waals surface area contributed by atoms with Crippen molar-refractivity contribution >= 4 is 0 Å². The largest absolute Gasteiger partial charge is 0.317 e. The molecule has 0 amide bonds. The molecule has 84 valence electrons. The lowest BCUT2D eigenvalue weighted by Gasteiger charge is -2.26. The average molecular weight is 197 g/mol. The highest BCUT2D eigenvalue weighted by Crippen LogP contribution is 2.31. The first-order valence-corrected chi connectivity index (χ1v) is 6.53. The Bertz CT molecular complexity index is 125. The first-order chi connectivity index (χ1) is 6.83. The summed E-state index contributed by atoms with van der Waals surface area (Å²) in [6.07, 6.45) is 10.3. The second kappa shape index (κ2) is 7.28. The molecule has 1 aliphatic rings. The summed E-state index contributed by atoms with van der Waals surface area (Å²) in [4.78, 5) is 0. The van der Waals surface area contributed by atoms with E-state index in [4.69, 9.17) is 0 Å². The van der Waals surface area contributed by atoms with Gasteiger partial charge in [-0.25, -0.2) is 0 Å². The van der Waals surface area contributed by atoms with E-state index in [0.29, 0.717) is 0 Å². The summed E-state index contributed by atoms with van der Waals surface area (Å²) in [5, 5.41) is 3.39. The standard InChI is InChI=1S/C13H27N/c1-3-14-11-5-4-6-13-9-7-12(2)8-10-13/h12-14H,3-11H2,1-2H3. The lowest BCUT2D eigenvalue weighted by Crippen LogP contribution is -2.15. The molecule has 0 bridgehead atoms. The van der Waals surface area contributed by atoms with Gasteiger partial charge in [0.05, 0.1) is 0 Å². The molecular weight excluding hydrogens is 170 g/mol. The van der Waals surface area contributed by atoms with Gasteiger partial charge in [-0.2, -0.15) is 0 Å². The number of unbranched alkanes of at least 4 members (excludes halogenated alkanes) is 1. The summed E-state index contributed by atoms with van der Waals surface area (Å²) >= 11 is 0. The first-order valence-electron chi connectivity index (χ1n) is 6.53. The predicted molar refractivity (Wildman–Crippen MR) is 63.5 cm³/mol. The highest BCUT2D eigenvalue weighted by Gasteiger charge is 2.17. The van der Waals surface area contributed by atoms with E-state index in [9.17, 15) is 0 Å². The van der Waals surface area contributed by atoms with Gasteiger partial charge in [0.25, 0.3) is 0 Å². The van der Waals surface area contributed by atoms with Gasteiger partial charge in [-0.3, -0.25) is 0 Å². The minimum absolute atomic E-state index is 1.01. The number of hydrogen-bond acceptors (Lipinski definition) is 1. The van der Waals surface area contributed by atoms with E-state index in [1.54, 1.807) is 0 Å². The maximum Gasteiger partial charge on any atom is -0.00490 e. The van der Waals surface area contributed by atoms with Gasteiger partial charge < -0.3 is 5.32 Å². The Morgan fingerprint density at radius 2 is 1.79 bits per heavy atom. The molecule has 0 aromatic rings.